The molecule has 4 nitrogen and oxygen atoms in total. The molecule has 1 atom stereocenters. The topological polar surface area (TPSA) is 44.0 Å². The molecule has 0 bridgehead atoms. The first-order chi connectivity index (χ1) is 11.2. The molecule has 0 saturated heterocycles. The summed E-state index contributed by atoms with van der Waals surface area (Å²) in [7, 11) is 0. The normalized spacial score (nSPS) is 15.3. The summed E-state index contributed by atoms with van der Waals surface area (Å²) in [6, 6.07) is 10.8. The Balaban J connectivity index is 2.21. The molecule has 1 unspecified atom stereocenters. The summed E-state index contributed by atoms with van der Waals surface area (Å²) in [5.74, 6) is 0. The molecule has 1 aliphatic carbocycles. The van der Waals surface area contributed by atoms with Gasteiger partial charge < -0.3 is 0 Å². The van der Waals surface area contributed by atoms with Crippen LogP contribution in [0.1, 0.15) is 18.5 Å². The highest BCUT2D eigenvalue weighted by Gasteiger charge is 2.21. The molecule has 4 heteroatoms. The van der Waals surface area contributed by atoms with E-state index in [0.717, 1.165) is 11.1 Å². The van der Waals surface area contributed by atoms with Gasteiger partial charge in [0.15, 0.2) is 0 Å². The SMILES string of the molecule is CCn1c(=O)ccn(C(C2=CC=C[C][C]2)c2ccccc2)c1=O. The van der Waals surface area contributed by atoms with E-state index in [-0.39, 0.29) is 17.3 Å². The van der Waals surface area contributed by atoms with Gasteiger partial charge in [0.05, 0.1) is 6.04 Å². The van der Waals surface area contributed by atoms with Crippen molar-refractivity contribution in [3.05, 3.63) is 106 Å². The van der Waals surface area contributed by atoms with Gasteiger partial charge in [-0.25, -0.2) is 4.79 Å². The van der Waals surface area contributed by atoms with Gasteiger partial charge in [-0.2, -0.15) is 0 Å². The Morgan fingerprint density at radius 2 is 1.91 bits per heavy atom. The molecule has 1 heterocycles. The number of rotatable bonds is 4. The van der Waals surface area contributed by atoms with Crippen molar-refractivity contribution >= 4 is 0 Å². The van der Waals surface area contributed by atoms with E-state index >= 15 is 0 Å². The Kier molecular flexibility index (Phi) is 4.42. The van der Waals surface area contributed by atoms with E-state index < -0.39 is 0 Å². The standard InChI is InChI=1S/C19H16N2O2/c1-2-20-17(22)13-14-21(19(20)23)18(15-9-5-3-6-10-15)16-11-7-4-8-12-16/h3-7,9-11,13-14,18H,2H2,1H3. The van der Waals surface area contributed by atoms with Gasteiger partial charge in [0, 0.05) is 31.6 Å². The molecule has 1 aromatic carbocycles. The number of hydrogen-bond acceptors (Lipinski definition) is 2. The van der Waals surface area contributed by atoms with Crippen LogP contribution in [0, 0.1) is 12.8 Å². The molecule has 2 aromatic rings. The Bertz CT molecular complexity index is 857. The lowest BCUT2D eigenvalue weighted by Gasteiger charge is -2.24. The van der Waals surface area contributed by atoms with E-state index in [0.29, 0.717) is 6.54 Å². The Hall–Kier alpha value is -2.62. The van der Waals surface area contributed by atoms with Gasteiger partial charge in [0.1, 0.15) is 0 Å². The lowest BCUT2D eigenvalue weighted by atomic mass is 9.92. The minimum Gasteiger partial charge on any atom is -0.289 e. The quantitative estimate of drug-likeness (QED) is 0.870. The third-order valence-electron chi connectivity index (χ3n) is 3.77. The van der Waals surface area contributed by atoms with Crippen LogP contribution in [-0.4, -0.2) is 9.13 Å². The van der Waals surface area contributed by atoms with Crippen LogP contribution in [0.25, 0.3) is 0 Å². The van der Waals surface area contributed by atoms with Gasteiger partial charge in [-0.15, -0.1) is 0 Å². The summed E-state index contributed by atoms with van der Waals surface area (Å²) in [6.45, 7) is 2.12. The molecule has 0 spiro atoms. The summed E-state index contributed by atoms with van der Waals surface area (Å²) >= 11 is 0. The predicted octanol–water partition coefficient (Wildman–Crippen LogP) is 2.28. The van der Waals surface area contributed by atoms with Crippen molar-refractivity contribution < 1.29 is 0 Å². The second-order valence-electron chi connectivity index (χ2n) is 5.15. The first-order valence-electron chi connectivity index (χ1n) is 7.47. The molecule has 0 N–H and O–H groups in total. The first-order valence-corrected chi connectivity index (χ1v) is 7.47. The number of aromatic nitrogens is 2. The minimum absolute atomic E-state index is 0.288. The lowest BCUT2D eigenvalue weighted by Crippen LogP contribution is -2.40. The van der Waals surface area contributed by atoms with Gasteiger partial charge in [-0.05, 0) is 18.1 Å². The van der Waals surface area contributed by atoms with Gasteiger partial charge in [0.2, 0.25) is 0 Å². The van der Waals surface area contributed by atoms with Gasteiger partial charge in [0.25, 0.3) is 5.56 Å². The smallest absolute Gasteiger partial charge is 0.289 e. The van der Waals surface area contributed by atoms with Crippen LogP contribution in [-0.2, 0) is 6.54 Å². The number of nitrogens with zero attached hydrogens (tertiary/aromatic N) is 2. The second-order valence-corrected chi connectivity index (χ2v) is 5.15. The van der Waals surface area contributed by atoms with Crippen LogP contribution in [0.4, 0.5) is 0 Å². The fourth-order valence-corrected chi connectivity index (χ4v) is 2.67. The molecule has 23 heavy (non-hydrogen) atoms. The first kappa shape index (κ1) is 15.3. The van der Waals surface area contributed by atoms with Crippen LogP contribution < -0.4 is 11.2 Å². The Morgan fingerprint density at radius 3 is 2.57 bits per heavy atom. The highest BCUT2D eigenvalue weighted by molar-refractivity contribution is 5.41. The highest BCUT2D eigenvalue weighted by Crippen LogP contribution is 2.29. The predicted molar refractivity (Wildman–Crippen MR) is 88.9 cm³/mol. The van der Waals surface area contributed by atoms with Gasteiger partial charge >= 0.3 is 5.69 Å². The highest BCUT2D eigenvalue weighted by atomic mass is 16.2. The molecule has 114 valence electrons. The average molecular weight is 304 g/mol. The van der Waals surface area contributed by atoms with E-state index in [4.69, 9.17) is 0 Å². The van der Waals surface area contributed by atoms with Crippen LogP contribution in [0.3, 0.4) is 0 Å². The molecule has 0 fully saturated rings. The van der Waals surface area contributed by atoms with Gasteiger partial charge in [-0.1, -0.05) is 48.6 Å². The van der Waals surface area contributed by atoms with Crippen molar-refractivity contribution in [2.24, 2.45) is 0 Å². The molecule has 1 aliphatic rings. The fraction of sp³-hybridized carbons (Fsp3) is 0.158. The fourth-order valence-electron chi connectivity index (χ4n) is 2.67. The van der Waals surface area contributed by atoms with Crippen molar-refractivity contribution in [3.8, 4) is 0 Å². The number of benzene rings is 1. The third-order valence-corrected chi connectivity index (χ3v) is 3.77. The molecule has 0 amide bonds. The second kappa shape index (κ2) is 6.65. The number of allylic oxidation sites excluding steroid dienone is 4. The summed E-state index contributed by atoms with van der Waals surface area (Å²) in [5.41, 5.74) is 1.16. The maximum absolute atomic E-state index is 12.7. The molecule has 1 aromatic heterocycles. The van der Waals surface area contributed by atoms with Gasteiger partial charge in [-0.3, -0.25) is 13.9 Å². The van der Waals surface area contributed by atoms with Crippen molar-refractivity contribution in [3.63, 3.8) is 0 Å². The van der Waals surface area contributed by atoms with Crippen molar-refractivity contribution in [1.82, 2.24) is 9.13 Å². The van der Waals surface area contributed by atoms with Crippen molar-refractivity contribution in [2.75, 3.05) is 0 Å². The number of hydrogen-bond donors (Lipinski definition) is 0. The third kappa shape index (κ3) is 2.97. The van der Waals surface area contributed by atoms with E-state index in [1.165, 1.54) is 10.6 Å². The lowest BCUT2D eigenvalue weighted by molar-refractivity contribution is 0.553. The molecule has 3 rings (SSSR count). The van der Waals surface area contributed by atoms with Crippen LogP contribution in [0.2, 0.25) is 0 Å². The van der Waals surface area contributed by atoms with Crippen molar-refractivity contribution in [2.45, 2.75) is 19.5 Å². The molecule has 4 radical (unpaired) electrons. The van der Waals surface area contributed by atoms with Crippen LogP contribution >= 0.6 is 0 Å². The van der Waals surface area contributed by atoms with E-state index in [9.17, 15) is 9.59 Å². The zero-order chi connectivity index (χ0) is 16.2. The molecule has 0 aliphatic heterocycles. The van der Waals surface area contributed by atoms with Crippen molar-refractivity contribution in [1.29, 1.82) is 0 Å². The zero-order valence-corrected chi connectivity index (χ0v) is 12.8. The molecular weight excluding hydrogens is 288 g/mol. The summed E-state index contributed by atoms with van der Waals surface area (Å²) < 4.78 is 2.79. The summed E-state index contributed by atoms with van der Waals surface area (Å²) in [6.07, 6.45) is 13.1. The Morgan fingerprint density at radius 1 is 1.13 bits per heavy atom. The van der Waals surface area contributed by atoms with E-state index in [2.05, 4.69) is 12.8 Å². The van der Waals surface area contributed by atoms with Crippen LogP contribution in [0.5, 0.6) is 0 Å². The maximum Gasteiger partial charge on any atom is 0.331 e. The summed E-state index contributed by atoms with van der Waals surface area (Å²) in [4.78, 5) is 24.6. The molecular formula is C19H16N2O2. The largest absolute Gasteiger partial charge is 0.331 e. The maximum atomic E-state index is 12.7. The van der Waals surface area contributed by atoms with Crippen LogP contribution in [0.15, 0.2) is 76.0 Å². The average Bonchev–Trinajstić information content (AvgIpc) is 2.60. The Labute approximate surface area is 135 Å². The zero-order valence-electron chi connectivity index (χ0n) is 12.8. The molecule has 0 saturated carbocycles. The summed E-state index contributed by atoms with van der Waals surface area (Å²) in [5, 5.41) is 0. The van der Waals surface area contributed by atoms with E-state index in [1.54, 1.807) is 23.8 Å². The minimum atomic E-state index is -0.348. The monoisotopic (exact) mass is 304 g/mol. The van der Waals surface area contributed by atoms with E-state index in [1.807, 2.05) is 42.5 Å².